The number of rotatable bonds is 3. The molecule has 4 aromatic rings. The average Bonchev–Trinajstić information content (AvgIpc) is 3.07. The third-order valence-corrected chi connectivity index (χ3v) is 5.56. The van der Waals surface area contributed by atoms with Crippen LogP contribution in [0, 0.1) is 0 Å². The number of hydrogen-bond acceptors (Lipinski definition) is 4. The van der Waals surface area contributed by atoms with Crippen LogP contribution in [0.25, 0.3) is 27.9 Å². The number of pyridine rings is 1. The van der Waals surface area contributed by atoms with Gasteiger partial charge in [-0.2, -0.15) is 0 Å². The Kier molecular flexibility index (Phi) is 4.64. The minimum Gasteiger partial charge on any atom is -0.327 e. The Balaban J connectivity index is 1.64. The second kappa shape index (κ2) is 7.49. The highest BCUT2D eigenvalue weighted by Gasteiger charge is 2.28. The van der Waals surface area contributed by atoms with Gasteiger partial charge < -0.3 is 4.57 Å². The maximum Gasteiger partial charge on any atom is 0.261 e. The van der Waals surface area contributed by atoms with Gasteiger partial charge in [0.25, 0.3) is 5.91 Å². The molecule has 0 aliphatic carbocycles. The van der Waals surface area contributed by atoms with Crippen LogP contribution in [-0.2, 0) is 20.9 Å². The van der Waals surface area contributed by atoms with E-state index in [4.69, 9.17) is 11.6 Å². The Bertz CT molecular complexity index is 1410. The summed E-state index contributed by atoms with van der Waals surface area (Å²) in [6.45, 7) is 0.550. The number of benzene rings is 2. The Hall–Kier alpha value is -3.77. The topological polar surface area (TPSA) is 81.1 Å². The molecule has 1 N–H and O–H groups in total. The predicted molar refractivity (Wildman–Crippen MR) is 119 cm³/mol. The van der Waals surface area contributed by atoms with Crippen LogP contribution in [0.4, 0.5) is 0 Å². The molecule has 0 atom stereocenters. The van der Waals surface area contributed by atoms with Crippen molar-refractivity contribution in [1.82, 2.24) is 14.9 Å². The van der Waals surface area contributed by atoms with Gasteiger partial charge in [0, 0.05) is 29.9 Å². The third-order valence-electron chi connectivity index (χ3n) is 5.35. The maximum atomic E-state index is 12.3. The number of ketones is 1. The summed E-state index contributed by atoms with van der Waals surface area (Å²) in [5.41, 5.74) is 2.38. The lowest BCUT2D eigenvalue weighted by atomic mass is 10.0. The predicted octanol–water partition coefficient (Wildman–Crippen LogP) is 3.89. The first-order chi connectivity index (χ1) is 15.0. The van der Waals surface area contributed by atoms with Crippen LogP contribution < -0.4 is 5.32 Å². The van der Waals surface area contributed by atoms with Crippen LogP contribution in [0.1, 0.15) is 17.5 Å². The Morgan fingerprint density at radius 2 is 1.87 bits per heavy atom. The monoisotopic (exact) mass is 429 g/mol. The Morgan fingerprint density at radius 3 is 2.71 bits per heavy atom. The first-order valence-corrected chi connectivity index (χ1v) is 10.1. The van der Waals surface area contributed by atoms with Crippen molar-refractivity contribution in [2.24, 2.45) is 0 Å². The number of nitrogens with zero attached hydrogens (tertiary/aromatic N) is 2. The lowest BCUT2D eigenvalue weighted by Gasteiger charge is -2.12. The molecular formula is C24H16ClN3O3. The molecule has 7 heteroatoms. The minimum absolute atomic E-state index is 0.0520. The minimum atomic E-state index is -0.689. The van der Waals surface area contributed by atoms with Crippen LogP contribution in [0.15, 0.2) is 66.5 Å². The SMILES string of the molecule is O=C1CC(=O)/C(=C/c2cn(Cc3cccc4ccccc34)c3ncc(Cl)cc23)C(=O)N1. The van der Waals surface area contributed by atoms with Crippen molar-refractivity contribution >= 4 is 57.1 Å². The standard InChI is InChI=1S/C24H16ClN3O3/c25-17-9-19-16(8-20-21(29)10-22(30)27-24(20)31)13-28(23(19)26-11-17)12-15-6-3-5-14-4-1-2-7-18(14)15/h1-9,11,13H,10,12H2,(H,27,30,31)/b20-8-. The van der Waals surface area contributed by atoms with Crippen LogP contribution >= 0.6 is 11.6 Å². The Labute approximate surface area is 182 Å². The summed E-state index contributed by atoms with van der Waals surface area (Å²) in [5, 5.41) is 5.64. The van der Waals surface area contributed by atoms with Crippen molar-refractivity contribution in [2.75, 3.05) is 0 Å². The van der Waals surface area contributed by atoms with Crippen LogP contribution in [0.3, 0.4) is 0 Å². The molecule has 0 spiro atoms. The summed E-state index contributed by atoms with van der Waals surface area (Å²) in [5.74, 6) is -1.78. The molecule has 0 bridgehead atoms. The molecule has 1 aliphatic heterocycles. The highest BCUT2D eigenvalue weighted by molar-refractivity contribution is 6.33. The summed E-state index contributed by atoms with van der Waals surface area (Å²) < 4.78 is 1.97. The number of amides is 2. The fourth-order valence-electron chi connectivity index (χ4n) is 3.93. The quantitative estimate of drug-likeness (QED) is 0.232. The number of Topliss-reactive ketones (excluding diaryl/α,β-unsaturated/α-hetero) is 1. The van der Waals surface area contributed by atoms with Crippen LogP contribution in [0.2, 0.25) is 5.02 Å². The molecule has 6 nitrogen and oxygen atoms in total. The van der Waals surface area contributed by atoms with Gasteiger partial charge in [-0.3, -0.25) is 19.7 Å². The summed E-state index contributed by atoms with van der Waals surface area (Å²) in [6.07, 6.45) is 4.58. The van der Waals surface area contributed by atoms with E-state index in [2.05, 4.69) is 34.6 Å². The second-order valence-corrected chi connectivity index (χ2v) is 7.85. The van der Waals surface area contributed by atoms with Gasteiger partial charge in [-0.15, -0.1) is 0 Å². The number of imide groups is 1. The molecule has 1 saturated heterocycles. The number of halogens is 1. The number of carbonyl (C=O) groups excluding carboxylic acids is 3. The molecule has 2 aromatic carbocycles. The highest BCUT2D eigenvalue weighted by atomic mass is 35.5. The van der Waals surface area contributed by atoms with Crippen molar-refractivity contribution in [3.05, 3.63) is 82.6 Å². The lowest BCUT2D eigenvalue weighted by molar-refractivity contribution is -0.134. The number of piperidine rings is 1. The van der Waals surface area contributed by atoms with Gasteiger partial charge in [-0.25, -0.2) is 4.98 Å². The zero-order chi connectivity index (χ0) is 21.5. The van der Waals surface area contributed by atoms with Crippen molar-refractivity contribution in [3.8, 4) is 0 Å². The molecule has 152 valence electrons. The van der Waals surface area contributed by atoms with E-state index in [-0.39, 0.29) is 12.0 Å². The molecule has 0 radical (unpaired) electrons. The van der Waals surface area contributed by atoms with Crippen molar-refractivity contribution in [3.63, 3.8) is 0 Å². The van der Waals surface area contributed by atoms with Crippen molar-refractivity contribution < 1.29 is 14.4 Å². The van der Waals surface area contributed by atoms with E-state index < -0.39 is 17.6 Å². The number of carbonyl (C=O) groups is 3. The zero-order valence-corrected chi connectivity index (χ0v) is 17.0. The van der Waals surface area contributed by atoms with E-state index in [1.165, 1.54) is 6.08 Å². The van der Waals surface area contributed by atoms with Crippen LogP contribution in [0.5, 0.6) is 0 Å². The first kappa shape index (κ1) is 19.2. The van der Waals surface area contributed by atoms with Gasteiger partial charge in [0.05, 0.1) is 17.0 Å². The Morgan fingerprint density at radius 1 is 1.06 bits per heavy atom. The van der Waals surface area contributed by atoms with E-state index >= 15 is 0 Å². The molecule has 5 rings (SSSR count). The van der Waals surface area contributed by atoms with Crippen molar-refractivity contribution in [2.45, 2.75) is 13.0 Å². The first-order valence-electron chi connectivity index (χ1n) is 9.70. The molecule has 1 fully saturated rings. The van der Waals surface area contributed by atoms with Gasteiger partial charge in [0.15, 0.2) is 5.78 Å². The van der Waals surface area contributed by atoms with E-state index in [0.29, 0.717) is 22.8 Å². The molecular weight excluding hydrogens is 414 g/mol. The smallest absolute Gasteiger partial charge is 0.261 e. The summed E-state index contributed by atoms with van der Waals surface area (Å²) >= 11 is 6.17. The summed E-state index contributed by atoms with van der Waals surface area (Å²) in [7, 11) is 0. The number of fused-ring (bicyclic) bond motifs is 2. The highest BCUT2D eigenvalue weighted by Crippen LogP contribution is 2.28. The van der Waals surface area contributed by atoms with Crippen molar-refractivity contribution in [1.29, 1.82) is 0 Å². The fraction of sp³-hybridized carbons (Fsp3) is 0.0833. The fourth-order valence-corrected chi connectivity index (χ4v) is 4.09. The summed E-state index contributed by atoms with van der Waals surface area (Å²) in [6, 6.07) is 16.0. The number of hydrogen-bond donors (Lipinski definition) is 1. The lowest BCUT2D eigenvalue weighted by Crippen LogP contribution is -2.40. The molecule has 3 heterocycles. The second-order valence-electron chi connectivity index (χ2n) is 7.41. The van der Waals surface area contributed by atoms with Gasteiger partial charge in [-0.05, 0) is 28.5 Å². The largest absolute Gasteiger partial charge is 0.327 e. The van der Waals surface area contributed by atoms with Crippen LogP contribution in [-0.4, -0.2) is 27.1 Å². The summed E-state index contributed by atoms with van der Waals surface area (Å²) in [4.78, 5) is 40.4. The normalized spacial score (nSPS) is 15.8. The third kappa shape index (κ3) is 3.51. The van der Waals surface area contributed by atoms with E-state index in [9.17, 15) is 14.4 Å². The maximum absolute atomic E-state index is 12.3. The molecule has 2 aromatic heterocycles. The van der Waals surface area contributed by atoms with Gasteiger partial charge in [-0.1, -0.05) is 54.1 Å². The zero-order valence-electron chi connectivity index (χ0n) is 16.3. The van der Waals surface area contributed by atoms with Gasteiger partial charge in [0.2, 0.25) is 5.91 Å². The average molecular weight is 430 g/mol. The molecule has 1 aliphatic rings. The molecule has 2 amide bonds. The van der Waals surface area contributed by atoms with Gasteiger partial charge in [0.1, 0.15) is 5.65 Å². The number of aromatic nitrogens is 2. The van der Waals surface area contributed by atoms with E-state index in [1.54, 1.807) is 12.3 Å². The van der Waals surface area contributed by atoms with E-state index in [0.717, 1.165) is 21.7 Å². The molecule has 0 unspecified atom stereocenters. The number of nitrogens with one attached hydrogen (secondary N) is 1. The molecule has 0 saturated carbocycles. The molecule has 31 heavy (non-hydrogen) atoms. The van der Waals surface area contributed by atoms with Gasteiger partial charge >= 0.3 is 0 Å². The van der Waals surface area contributed by atoms with E-state index in [1.807, 2.05) is 29.0 Å².